The quantitative estimate of drug-likeness (QED) is 0.829. The highest BCUT2D eigenvalue weighted by Gasteiger charge is 2.17. The van der Waals surface area contributed by atoms with Gasteiger partial charge in [0.05, 0.1) is 11.6 Å². The number of benzene rings is 2. The maximum Gasteiger partial charge on any atom is 0.254 e. The number of amides is 1. The van der Waals surface area contributed by atoms with Crippen LogP contribution in [0.1, 0.15) is 28.9 Å². The standard InChI is InChI=1S/C15H13F2NOS/c1-9(11-4-2-3-5-13(11)16)18-15(19)12-8-10(20)6-7-14(12)17/h2-9,20H,1H3,(H,18,19). The van der Waals surface area contributed by atoms with Gasteiger partial charge in [-0.2, -0.15) is 0 Å². The van der Waals surface area contributed by atoms with Crippen LogP contribution >= 0.6 is 12.6 Å². The fourth-order valence-electron chi connectivity index (χ4n) is 1.87. The van der Waals surface area contributed by atoms with E-state index in [9.17, 15) is 13.6 Å². The first kappa shape index (κ1) is 14.5. The summed E-state index contributed by atoms with van der Waals surface area (Å²) < 4.78 is 27.2. The molecular formula is C15H13F2NOS. The van der Waals surface area contributed by atoms with Crippen molar-refractivity contribution in [2.45, 2.75) is 17.9 Å². The van der Waals surface area contributed by atoms with E-state index in [0.717, 1.165) is 0 Å². The molecule has 0 saturated heterocycles. The molecule has 0 radical (unpaired) electrons. The number of nitrogens with one attached hydrogen (secondary N) is 1. The van der Waals surface area contributed by atoms with Crippen LogP contribution < -0.4 is 5.32 Å². The minimum Gasteiger partial charge on any atom is -0.345 e. The summed E-state index contributed by atoms with van der Waals surface area (Å²) in [7, 11) is 0. The largest absolute Gasteiger partial charge is 0.345 e. The molecule has 104 valence electrons. The Kier molecular flexibility index (Phi) is 4.39. The number of hydrogen-bond acceptors (Lipinski definition) is 2. The van der Waals surface area contributed by atoms with Gasteiger partial charge in [-0.1, -0.05) is 18.2 Å². The van der Waals surface area contributed by atoms with Gasteiger partial charge in [0.15, 0.2) is 0 Å². The monoisotopic (exact) mass is 293 g/mol. The summed E-state index contributed by atoms with van der Waals surface area (Å²) in [5.41, 5.74) is 0.240. The van der Waals surface area contributed by atoms with Crippen molar-refractivity contribution in [2.24, 2.45) is 0 Å². The predicted octanol–water partition coefficient (Wildman–Crippen LogP) is 3.74. The third-order valence-corrected chi connectivity index (χ3v) is 3.19. The lowest BCUT2D eigenvalue weighted by molar-refractivity contribution is 0.0935. The molecule has 1 atom stereocenters. The number of thiol groups is 1. The number of rotatable bonds is 3. The van der Waals surface area contributed by atoms with Gasteiger partial charge in [0.25, 0.3) is 5.91 Å². The number of halogens is 2. The molecule has 0 bridgehead atoms. The van der Waals surface area contributed by atoms with Gasteiger partial charge >= 0.3 is 0 Å². The van der Waals surface area contributed by atoms with Gasteiger partial charge in [-0.25, -0.2) is 8.78 Å². The second-order valence-corrected chi connectivity index (χ2v) is 4.90. The first-order chi connectivity index (χ1) is 9.49. The molecule has 2 nitrogen and oxygen atoms in total. The van der Waals surface area contributed by atoms with Crippen LogP contribution in [-0.2, 0) is 0 Å². The highest BCUT2D eigenvalue weighted by molar-refractivity contribution is 7.80. The van der Waals surface area contributed by atoms with Crippen LogP contribution in [0, 0.1) is 11.6 Å². The van der Waals surface area contributed by atoms with Gasteiger partial charge in [-0.3, -0.25) is 4.79 Å². The summed E-state index contributed by atoms with van der Waals surface area (Å²) in [5, 5.41) is 2.57. The molecule has 1 unspecified atom stereocenters. The lowest BCUT2D eigenvalue weighted by atomic mass is 10.1. The Hall–Kier alpha value is -1.88. The van der Waals surface area contributed by atoms with E-state index in [4.69, 9.17) is 0 Å². The van der Waals surface area contributed by atoms with Crippen molar-refractivity contribution < 1.29 is 13.6 Å². The molecule has 1 amide bonds. The van der Waals surface area contributed by atoms with Crippen LogP contribution in [0.4, 0.5) is 8.78 Å². The Morgan fingerprint density at radius 3 is 2.55 bits per heavy atom. The van der Waals surface area contributed by atoms with Crippen LogP contribution in [0.15, 0.2) is 47.4 Å². The maximum atomic E-state index is 13.6. The Morgan fingerprint density at radius 1 is 1.15 bits per heavy atom. The second kappa shape index (κ2) is 6.05. The van der Waals surface area contributed by atoms with E-state index < -0.39 is 23.6 Å². The van der Waals surface area contributed by atoms with Crippen LogP contribution in [0.3, 0.4) is 0 Å². The number of carbonyl (C=O) groups is 1. The molecule has 0 spiro atoms. The lowest BCUT2D eigenvalue weighted by Gasteiger charge is -2.15. The Bertz CT molecular complexity index is 646. The Labute approximate surface area is 121 Å². The average Bonchev–Trinajstić information content (AvgIpc) is 2.41. The van der Waals surface area contributed by atoms with E-state index in [1.165, 1.54) is 24.3 Å². The van der Waals surface area contributed by atoms with Crippen LogP contribution in [0.2, 0.25) is 0 Å². The van der Waals surface area contributed by atoms with Crippen molar-refractivity contribution in [1.29, 1.82) is 0 Å². The first-order valence-corrected chi connectivity index (χ1v) is 6.47. The molecule has 0 heterocycles. The molecule has 20 heavy (non-hydrogen) atoms. The fourth-order valence-corrected chi connectivity index (χ4v) is 2.07. The van der Waals surface area contributed by atoms with Crippen molar-refractivity contribution in [1.82, 2.24) is 5.32 Å². The molecule has 0 aliphatic carbocycles. The second-order valence-electron chi connectivity index (χ2n) is 4.38. The van der Waals surface area contributed by atoms with Crippen molar-refractivity contribution >= 4 is 18.5 Å². The van der Waals surface area contributed by atoms with Crippen LogP contribution in [0.5, 0.6) is 0 Å². The van der Waals surface area contributed by atoms with Gasteiger partial charge in [0, 0.05) is 10.5 Å². The topological polar surface area (TPSA) is 29.1 Å². The zero-order chi connectivity index (χ0) is 14.7. The smallest absolute Gasteiger partial charge is 0.254 e. The predicted molar refractivity (Wildman–Crippen MR) is 75.9 cm³/mol. The van der Waals surface area contributed by atoms with Crippen molar-refractivity contribution in [3.8, 4) is 0 Å². The highest BCUT2D eigenvalue weighted by Crippen LogP contribution is 2.18. The van der Waals surface area contributed by atoms with Gasteiger partial charge in [0.2, 0.25) is 0 Å². The van der Waals surface area contributed by atoms with E-state index in [1.54, 1.807) is 25.1 Å². The lowest BCUT2D eigenvalue weighted by Crippen LogP contribution is -2.28. The van der Waals surface area contributed by atoms with E-state index in [0.29, 0.717) is 10.5 Å². The summed E-state index contributed by atoms with van der Waals surface area (Å²) in [5.74, 6) is -1.65. The summed E-state index contributed by atoms with van der Waals surface area (Å²) >= 11 is 4.07. The van der Waals surface area contributed by atoms with Crippen LogP contribution in [0.25, 0.3) is 0 Å². The van der Waals surface area contributed by atoms with Gasteiger partial charge < -0.3 is 5.32 Å². The molecule has 2 aromatic rings. The Morgan fingerprint density at radius 2 is 1.85 bits per heavy atom. The van der Waals surface area contributed by atoms with E-state index in [-0.39, 0.29) is 5.56 Å². The third-order valence-electron chi connectivity index (χ3n) is 2.91. The molecule has 1 N–H and O–H groups in total. The van der Waals surface area contributed by atoms with Crippen molar-refractivity contribution in [3.05, 3.63) is 65.2 Å². The minimum atomic E-state index is -0.638. The maximum absolute atomic E-state index is 13.6. The summed E-state index contributed by atoms with van der Waals surface area (Å²) in [6.45, 7) is 1.64. The Balaban J connectivity index is 2.20. The fraction of sp³-hybridized carbons (Fsp3) is 0.133. The van der Waals surface area contributed by atoms with E-state index >= 15 is 0 Å². The molecule has 5 heteroatoms. The SMILES string of the molecule is CC(NC(=O)c1cc(S)ccc1F)c1ccccc1F. The number of hydrogen-bond donors (Lipinski definition) is 2. The summed E-state index contributed by atoms with van der Waals surface area (Å²) in [4.78, 5) is 12.5. The van der Waals surface area contributed by atoms with E-state index in [2.05, 4.69) is 17.9 Å². The molecule has 2 aromatic carbocycles. The first-order valence-electron chi connectivity index (χ1n) is 6.03. The average molecular weight is 293 g/mol. The zero-order valence-electron chi connectivity index (χ0n) is 10.7. The van der Waals surface area contributed by atoms with Gasteiger partial charge in [-0.15, -0.1) is 12.6 Å². The molecule has 0 aliphatic rings. The van der Waals surface area contributed by atoms with Crippen LogP contribution in [-0.4, -0.2) is 5.91 Å². The van der Waals surface area contributed by atoms with E-state index in [1.807, 2.05) is 0 Å². The molecule has 0 saturated carbocycles. The molecule has 0 aromatic heterocycles. The molecule has 0 aliphatic heterocycles. The zero-order valence-corrected chi connectivity index (χ0v) is 11.6. The molecule has 2 rings (SSSR count). The molecular weight excluding hydrogens is 280 g/mol. The summed E-state index contributed by atoms with van der Waals surface area (Å²) in [6, 6.07) is 9.53. The molecule has 0 fully saturated rings. The minimum absolute atomic E-state index is 0.110. The van der Waals surface area contributed by atoms with Crippen molar-refractivity contribution in [2.75, 3.05) is 0 Å². The number of carbonyl (C=O) groups excluding carboxylic acids is 1. The van der Waals surface area contributed by atoms with Gasteiger partial charge in [-0.05, 0) is 31.2 Å². The summed E-state index contributed by atoms with van der Waals surface area (Å²) in [6.07, 6.45) is 0. The van der Waals surface area contributed by atoms with Gasteiger partial charge in [0.1, 0.15) is 11.6 Å². The third kappa shape index (κ3) is 3.17. The van der Waals surface area contributed by atoms with Crippen molar-refractivity contribution in [3.63, 3.8) is 0 Å². The highest BCUT2D eigenvalue weighted by atomic mass is 32.1. The normalized spacial score (nSPS) is 12.0.